The van der Waals surface area contributed by atoms with Gasteiger partial charge in [0.1, 0.15) is 0 Å². The highest BCUT2D eigenvalue weighted by Gasteiger charge is 2.27. The van der Waals surface area contributed by atoms with Crippen LogP contribution in [-0.4, -0.2) is 4.98 Å². The van der Waals surface area contributed by atoms with Crippen molar-refractivity contribution >= 4 is 48.3 Å². The molecule has 1 unspecified atom stereocenters. The Balaban J connectivity index is 1.72. The maximum absolute atomic E-state index is 3.62. The molecule has 0 amide bonds. The maximum atomic E-state index is 3.62. The number of halogens is 2. The van der Waals surface area contributed by atoms with Gasteiger partial charge in [-0.3, -0.25) is 0 Å². The summed E-state index contributed by atoms with van der Waals surface area (Å²) in [4.78, 5) is 3.50. The van der Waals surface area contributed by atoms with E-state index >= 15 is 0 Å². The van der Waals surface area contributed by atoms with E-state index in [-0.39, 0.29) is 5.92 Å². The average molecular weight is 493 g/mol. The van der Waals surface area contributed by atoms with Gasteiger partial charge in [0.2, 0.25) is 0 Å². The first-order valence-corrected chi connectivity index (χ1v) is 11.0. The van der Waals surface area contributed by atoms with Gasteiger partial charge in [-0.1, -0.05) is 68.3 Å². The number of hydrogen-bond acceptors (Lipinski definition) is 0. The summed E-state index contributed by atoms with van der Waals surface area (Å²) in [5.41, 5.74) is 9.26. The molecule has 4 aromatic rings. The molecule has 1 aliphatic rings. The highest BCUT2D eigenvalue weighted by molar-refractivity contribution is 9.10. The van der Waals surface area contributed by atoms with Crippen LogP contribution < -0.4 is 0 Å². The standard InChI is InChI=1S/C25H19Br2N/c1-15-2-9-21-23(14-28-24(21)12-15)25(16-3-6-18(26)7-4-16)22-10-5-17-13-19(27)8-11-20(17)22/h2-4,6-14,25,28H,5H2,1H3. The highest BCUT2D eigenvalue weighted by Crippen LogP contribution is 2.45. The van der Waals surface area contributed by atoms with Crippen molar-refractivity contribution in [3.63, 3.8) is 0 Å². The lowest BCUT2D eigenvalue weighted by atomic mass is 9.82. The van der Waals surface area contributed by atoms with Crippen molar-refractivity contribution in [2.75, 3.05) is 0 Å². The van der Waals surface area contributed by atoms with Crippen molar-refractivity contribution in [3.8, 4) is 0 Å². The molecule has 1 heterocycles. The molecule has 0 aliphatic heterocycles. The number of fused-ring (bicyclic) bond motifs is 2. The zero-order valence-electron chi connectivity index (χ0n) is 15.5. The molecule has 0 fully saturated rings. The molecule has 3 aromatic carbocycles. The monoisotopic (exact) mass is 491 g/mol. The molecule has 1 nitrogen and oxygen atoms in total. The van der Waals surface area contributed by atoms with Crippen molar-refractivity contribution < 1.29 is 0 Å². The first kappa shape index (κ1) is 18.0. The lowest BCUT2D eigenvalue weighted by molar-refractivity contribution is 1.06. The van der Waals surface area contributed by atoms with Crippen LogP contribution in [0.3, 0.4) is 0 Å². The number of rotatable bonds is 3. The number of nitrogens with one attached hydrogen (secondary N) is 1. The Bertz CT molecular complexity index is 1220. The number of H-pyrrole nitrogens is 1. The summed E-state index contributed by atoms with van der Waals surface area (Å²) in [5.74, 6) is 0.201. The first-order valence-electron chi connectivity index (χ1n) is 9.42. The molecule has 28 heavy (non-hydrogen) atoms. The molecule has 5 rings (SSSR count). The number of aryl methyl sites for hydroxylation is 1. The number of hydrogen-bond donors (Lipinski definition) is 1. The molecule has 1 N–H and O–H groups in total. The summed E-state index contributed by atoms with van der Waals surface area (Å²) < 4.78 is 2.25. The van der Waals surface area contributed by atoms with E-state index in [1.54, 1.807) is 0 Å². The Labute approximate surface area is 181 Å². The number of aromatic amines is 1. The molecular weight excluding hydrogens is 474 g/mol. The minimum atomic E-state index is 0.201. The molecule has 1 atom stereocenters. The van der Waals surface area contributed by atoms with Gasteiger partial charge in [0, 0.05) is 32.0 Å². The van der Waals surface area contributed by atoms with Crippen molar-refractivity contribution in [1.82, 2.24) is 4.98 Å². The molecule has 0 saturated heterocycles. The van der Waals surface area contributed by atoms with Crippen LogP contribution in [0.5, 0.6) is 0 Å². The second-order valence-electron chi connectivity index (χ2n) is 7.44. The Hall–Kier alpha value is -2.10. The molecule has 138 valence electrons. The third-order valence-corrected chi connectivity index (χ3v) is 6.64. The zero-order chi connectivity index (χ0) is 19.3. The van der Waals surface area contributed by atoms with Gasteiger partial charge in [-0.2, -0.15) is 0 Å². The zero-order valence-corrected chi connectivity index (χ0v) is 18.6. The van der Waals surface area contributed by atoms with Gasteiger partial charge in [0.25, 0.3) is 0 Å². The third kappa shape index (κ3) is 3.07. The van der Waals surface area contributed by atoms with E-state index < -0.39 is 0 Å². The van der Waals surface area contributed by atoms with Crippen LogP contribution in [-0.2, 0) is 6.42 Å². The Morgan fingerprint density at radius 2 is 1.68 bits per heavy atom. The Morgan fingerprint density at radius 1 is 0.893 bits per heavy atom. The second-order valence-corrected chi connectivity index (χ2v) is 9.27. The molecule has 0 radical (unpaired) electrons. The molecule has 3 heteroatoms. The number of allylic oxidation sites excluding steroid dienone is 2. The minimum absolute atomic E-state index is 0.201. The van der Waals surface area contributed by atoms with Gasteiger partial charge in [-0.25, -0.2) is 0 Å². The van der Waals surface area contributed by atoms with E-state index in [9.17, 15) is 0 Å². The first-order chi connectivity index (χ1) is 13.6. The fourth-order valence-electron chi connectivity index (χ4n) is 4.30. The van der Waals surface area contributed by atoms with Crippen molar-refractivity contribution in [2.24, 2.45) is 0 Å². The fourth-order valence-corrected chi connectivity index (χ4v) is 4.97. The van der Waals surface area contributed by atoms with E-state index in [1.165, 1.54) is 44.3 Å². The SMILES string of the molecule is Cc1ccc2c(C(C3=CCc4cc(Br)ccc43)c3ccc(Br)cc3)c[nH]c2c1. The molecule has 1 aromatic heterocycles. The predicted molar refractivity (Wildman–Crippen MR) is 125 cm³/mol. The second kappa shape index (κ2) is 7.06. The topological polar surface area (TPSA) is 15.8 Å². The lowest BCUT2D eigenvalue weighted by Crippen LogP contribution is -2.03. The number of aromatic nitrogens is 1. The van der Waals surface area contributed by atoms with Gasteiger partial charge in [-0.15, -0.1) is 0 Å². The van der Waals surface area contributed by atoms with Crippen molar-refractivity contribution in [1.29, 1.82) is 0 Å². The maximum Gasteiger partial charge on any atom is 0.0459 e. The van der Waals surface area contributed by atoms with E-state index in [4.69, 9.17) is 0 Å². The molecule has 0 saturated carbocycles. The highest BCUT2D eigenvalue weighted by atomic mass is 79.9. The van der Waals surface area contributed by atoms with Gasteiger partial charge < -0.3 is 4.98 Å². The summed E-state index contributed by atoms with van der Waals surface area (Å²) in [5, 5.41) is 1.30. The van der Waals surface area contributed by atoms with E-state index in [0.29, 0.717) is 0 Å². The largest absolute Gasteiger partial charge is 0.361 e. The fraction of sp³-hybridized carbons (Fsp3) is 0.120. The lowest BCUT2D eigenvalue weighted by Gasteiger charge is -2.21. The van der Waals surface area contributed by atoms with Gasteiger partial charge in [0.15, 0.2) is 0 Å². The van der Waals surface area contributed by atoms with Gasteiger partial charge in [0.05, 0.1) is 0 Å². The van der Waals surface area contributed by atoms with E-state index in [2.05, 4.69) is 117 Å². The van der Waals surface area contributed by atoms with Crippen LogP contribution >= 0.6 is 31.9 Å². The van der Waals surface area contributed by atoms with E-state index in [0.717, 1.165) is 15.4 Å². The number of benzene rings is 3. The van der Waals surface area contributed by atoms with Gasteiger partial charge >= 0.3 is 0 Å². The van der Waals surface area contributed by atoms with Crippen LogP contribution in [0.4, 0.5) is 0 Å². The van der Waals surface area contributed by atoms with Gasteiger partial charge in [-0.05, 0) is 77.1 Å². The van der Waals surface area contributed by atoms with Crippen LogP contribution in [0, 0.1) is 6.92 Å². The van der Waals surface area contributed by atoms with Crippen LogP contribution in [0.15, 0.2) is 81.9 Å². The molecular formula is C25H19Br2N. The summed E-state index contributed by atoms with van der Waals surface area (Å²) in [6.07, 6.45) is 5.57. The van der Waals surface area contributed by atoms with Crippen LogP contribution in [0.25, 0.3) is 16.5 Å². The predicted octanol–water partition coefficient (Wildman–Crippen LogP) is 7.77. The normalized spacial score (nSPS) is 14.2. The molecule has 1 aliphatic carbocycles. The Kier molecular flexibility index (Phi) is 4.53. The average Bonchev–Trinajstić information content (AvgIpc) is 3.28. The summed E-state index contributed by atoms with van der Waals surface area (Å²) >= 11 is 7.20. The Morgan fingerprint density at radius 3 is 2.50 bits per heavy atom. The molecule has 0 spiro atoms. The van der Waals surface area contributed by atoms with Crippen molar-refractivity contribution in [2.45, 2.75) is 19.3 Å². The summed E-state index contributed by atoms with van der Waals surface area (Å²) in [7, 11) is 0. The summed E-state index contributed by atoms with van der Waals surface area (Å²) in [6, 6.07) is 22.1. The van der Waals surface area contributed by atoms with Crippen LogP contribution in [0.1, 0.15) is 33.7 Å². The smallest absolute Gasteiger partial charge is 0.0459 e. The third-order valence-electron chi connectivity index (χ3n) is 5.61. The quantitative estimate of drug-likeness (QED) is 0.300. The van der Waals surface area contributed by atoms with Crippen molar-refractivity contribution in [3.05, 3.63) is 110 Å². The van der Waals surface area contributed by atoms with E-state index in [1.807, 2.05) is 0 Å². The molecule has 0 bridgehead atoms. The van der Waals surface area contributed by atoms with Crippen LogP contribution in [0.2, 0.25) is 0 Å². The summed E-state index contributed by atoms with van der Waals surface area (Å²) in [6.45, 7) is 2.14. The minimum Gasteiger partial charge on any atom is -0.361 e.